The normalized spacial score (nSPS) is 14.9. The van der Waals surface area contributed by atoms with Crippen LogP contribution in [0.5, 0.6) is 11.5 Å². The Kier molecular flexibility index (Phi) is 5.25. The zero-order valence-corrected chi connectivity index (χ0v) is 13.0. The molecule has 1 aromatic rings. The van der Waals surface area contributed by atoms with Gasteiger partial charge in [-0.3, -0.25) is 4.79 Å². The lowest BCUT2D eigenvalue weighted by Crippen LogP contribution is -2.37. The van der Waals surface area contributed by atoms with E-state index in [1.807, 2.05) is 6.92 Å². The maximum Gasteiger partial charge on any atom is 0.342 e. The first-order valence-electron chi connectivity index (χ1n) is 7.23. The first-order chi connectivity index (χ1) is 10.5. The molecule has 0 unspecified atom stereocenters. The average Bonchev–Trinajstić information content (AvgIpc) is 3.36. The molecule has 1 fully saturated rings. The van der Waals surface area contributed by atoms with Crippen LogP contribution in [0.25, 0.3) is 0 Å². The van der Waals surface area contributed by atoms with Gasteiger partial charge >= 0.3 is 5.97 Å². The van der Waals surface area contributed by atoms with E-state index >= 15 is 0 Å². The highest BCUT2D eigenvalue weighted by molar-refractivity contribution is 5.94. The molecule has 1 amide bonds. The van der Waals surface area contributed by atoms with Crippen LogP contribution < -0.4 is 14.8 Å². The van der Waals surface area contributed by atoms with Gasteiger partial charge in [0.25, 0.3) is 5.91 Å². The number of hydrogen-bond donors (Lipinski definition) is 1. The monoisotopic (exact) mass is 307 g/mol. The van der Waals surface area contributed by atoms with Crippen molar-refractivity contribution in [3.8, 4) is 11.5 Å². The first-order valence-corrected chi connectivity index (χ1v) is 7.23. The van der Waals surface area contributed by atoms with E-state index in [-0.39, 0.29) is 24.1 Å². The topological polar surface area (TPSA) is 73.9 Å². The number of carbonyl (C=O) groups excluding carboxylic acids is 2. The van der Waals surface area contributed by atoms with Crippen LogP contribution in [0, 0.1) is 5.92 Å². The highest BCUT2D eigenvalue weighted by Gasteiger charge is 2.29. The number of rotatable bonds is 7. The number of ether oxygens (including phenoxy) is 3. The number of amides is 1. The lowest BCUT2D eigenvalue weighted by Gasteiger charge is -2.13. The predicted octanol–water partition coefficient (Wildman–Crippen LogP) is 1.78. The Balaban J connectivity index is 1.89. The van der Waals surface area contributed by atoms with Crippen molar-refractivity contribution in [2.24, 2.45) is 5.92 Å². The van der Waals surface area contributed by atoms with Gasteiger partial charge in [0, 0.05) is 12.1 Å². The summed E-state index contributed by atoms with van der Waals surface area (Å²) in [7, 11) is 2.98. The molecule has 1 aliphatic carbocycles. The van der Waals surface area contributed by atoms with Crippen molar-refractivity contribution in [2.75, 3.05) is 20.8 Å². The summed E-state index contributed by atoms with van der Waals surface area (Å²) < 4.78 is 15.2. The number of benzene rings is 1. The van der Waals surface area contributed by atoms with E-state index in [0.717, 1.165) is 12.8 Å². The number of esters is 1. The Bertz CT molecular complexity index is 553. The van der Waals surface area contributed by atoms with Gasteiger partial charge in [-0.25, -0.2) is 4.79 Å². The summed E-state index contributed by atoms with van der Waals surface area (Å²) in [6.07, 6.45) is 2.29. The standard InChI is InChI=1S/C16H21NO5/c1-10(11-4-5-11)17-15(18)9-22-16(19)13-7-6-12(20-2)8-14(13)21-3/h6-8,10-11H,4-5,9H2,1-3H3,(H,17,18)/t10-/m1/s1. The van der Waals surface area contributed by atoms with Gasteiger partial charge in [0.05, 0.1) is 14.2 Å². The van der Waals surface area contributed by atoms with E-state index in [2.05, 4.69) is 5.32 Å². The lowest BCUT2D eigenvalue weighted by molar-refractivity contribution is -0.125. The Labute approximate surface area is 129 Å². The molecule has 0 aromatic heterocycles. The van der Waals surface area contributed by atoms with Crippen LogP contribution in [-0.4, -0.2) is 38.7 Å². The minimum absolute atomic E-state index is 0.127. The summed E-state index contributed by atoms with van der Waals surface area (Å²) in [5.74, 6) is 0.579. The van der Waals surface area contributed by atoms with Crippen molar-refractivity contribution in [3.63, 3.8) is 0 Å². The van der Waals surface area contributed by atoms with Gasteiger partial charge in [-0.1, -0.05) is 0 Å². The number of methoxy groups -OCH3 is 2. The van der Waals surface area contributed by atoms with Gasteiger partial charge in [-0.05, 0) is 37.8 Å². The minimum Gasteiger partial charge on any atom is -0.497 e. The average molecular weight is 307 g/mol. The Hall–Kier alpha value is -2.24. The fourth-order valence-electron chi connectivity index (χ4n) is 2.19. The highest BCUT2D eigenvalue weighted by Crippen LogP contribution is 2.32. The fraction of sp³-hybridized carbons (Fsp3) is 0.500. The van der Waals surface area contributed by atoms with E-state index in [9.17, 15) is 9.59 Å². The molecule has 0 bridgehead atoms. The summed E-state index contributed by atoms with van der Waals surface area (Å²) in [6, 6.07) is 4.90. The zero-order valence-electron chi connectivity index (χ0n) is 13.0. The van der Waals surface area contributed by atoms with Gasteiger partial charge in [-0.15, -0.1) is 0 Å². The van der Waals surface area contributed by atoms with Crippen LogP contribution in [0.2, 0.25) is 0 Å². The molecular weight excluding hydrogens is 286 g/mol. The molecular formula is C16H21NO5. The molecule has 6 nitrogen and oxygen atoms in total. The second kappa shape index (κ2) is 7.15. The summed E-state index contributed by atoms with van der Waals surface area (Å²) in [6.45, 7) is 1.66. The molecule has 2 rings (SSSR count). The van der Waals surface area contributed by atoms with E-state index in [4.69, 9.17) is 14.2 Å². The van der Waals surface area contributed by atoms with Crippen LogP contribution >= 0.6 is 0 Å². The largest absolute Gasteiger partial charge is 0.497 e. The third-order valence-corrected chi connectivity index (χ3v) is 3.68. The quantitative estimate of drug-likeness (QED) is 0.777. The molecule has 1 N–H and O–H groups in total. The van der Waals surface area contributed by atoms with E-state index in [0.29, 0.717) is 17.4 Å². The van der Waals surface area contributed by atoms with Crippen molar-refractivity contribution in [1.29, 1.82) is 0 Å². The van der Waals surface area contributed by atoms with Crippen LogP contribution in [-0.2, 0) is 9.53 Å². The van der Waals surface area contributed by atoms with Crippen LogP contribution in [0.4, 0.5) is 0 Å². The van der Waals surface area contributed by atoms with Gasteiger partial charge in [0.15, 0.2) is 6.61 Å². The number of hydrogen-bond acceptors (Lipinski definition) is 5. The third-order valence-electron chi connectivity index (χ3n) is 3.68. The molecule has 0 spiro atoms. The van der Waals surface area contributed by atoms with Crippen molar-refractivity contribution >= 4 is 11.9 Å². The zero-order chi connectivity index (χ0) is 16.1. The molecule has 6 heteroatoms. The maximum absolute atomic E-state index is 12.0. The van der Waals surface area contributed by atoms with Crippen molar-refractivity contribution in [3.05, 3.63) is 23.8 Å². The van der Waals surface area contributed by atoms with Crippen LogP contribution in [0.3, 0.4) is 0 Å². The molecule has 120 valence electrons. The minimum atomic E-state index is -0.603. The number of nitrogens with one attached hydrogen (secondary N) is 1. The molecule has 1 saturated carbocycles. The molecule has 0 radical (unpaired) electrons. The van der Waals surface area contributed by atoms with Gasteiger partial charge in [-0.2, -0.15) is 0 Å². The number of carbonyl (C=O) groups is 2. The Morgan fingerprint density at radius 3 is 2.59 bits per heavy atom. The molecule has 1 atom stereocenters. The second-order valence-electron chi connectivity index (χ2n) is 5.34. The lowest BCUT2D eigenvalue weighted by atomic mass is 10.2. The summed E-state index contributed by atoms with van der Waals surface area (Å²) >= 11 is 0. The van der Waals surface area contributed by atoms with Crippen molar-refractivity contribution in [2.45, 2.75) is 25.8 Å². The molecule has 1 aromatic carbocycles. The van der Waals surface area contributed by atoms with E-state index in [1.54, 1.807) is 18.2 Å². The van der Waals surface area contributed by atoms with E-state index < -0.39 is 5.97 Å². The molecule has 0 heterocycles. The summed E-state index contributed by atoms with van der Waals surface area (Å²) in [5.41, 5.74) is 0.256. The van der Waals surface area contributed by atoms with Gasteiger partial charge < -0.3 is 19.5 Å². The molecule has 0 saturated heterocycles. The molecule has 1 aliphatic rings. The Morgan fingerprint density at radius 1 is 1.27 bits per heavy atom. The maximum atomic E-state index is 12.0. The molecule has 0 aliphatic heterocycles. The van der Waals surface area contributed by atoms with Gasteiger partial charge in [0.2, 0.25) is 0 Å². The van der Waals surface area contributed by atoms with Crippen LogP contribution in [0.1, 0.15) is 30.1 Å². The van der Waals surface area contributed by atoms with E-state index in [1.165, 1.54) is 14.2 Å². The SMILES string of the molecule is COc1ccc(C(=O)OCC(=O)N[C@H](C)C2CC2)c(OC)c1. The summed E-state index contributed by atoms with van der Waals surface area (Å²) in [4.78, 5) is 23.8. The highest BCUT2D eigenvalue weighted by atomic mass is 16.5. The first kappa shape index (κ1) is 16.1. The van der Waals surface area contributed by atoms with Crippen LogP contribution in [0.15, 0.2) is 18.2 Å². The third kappa shape index (κ3) is 4.13. The smallest absolute Gasteiger partial charge is 0.342 e. The Morgan fingerprint density at radius 2 is 2.00 bits per heavy atom. The summed E-state index contributed by atoms with van der Waals surface area (Å²) in [5, 5.41) is 2.83. The van der Waals surface area contributed by atoms with Crippen molar-refractivity contribution < 1.29 is 23.8 Å². The van der Waals surface area contributed by atoms with Crippen molar-refractivity contribution in [1.82, 2.24) is 5.32 Å². The predicted molar refractivity (Wildman–Crippen MR) is 80.2 cm³/mol. The second-order valence-corrected chi connectivity index (χ2v) is 5.34. The van der Waals surface area contributed by atoms with Gasteiger partial charge in [0.1, 0.15) is 17.1 Å². The fourth-order valence-corrected chi connectivity index (χ4v) is 2.19. The molecule has 22 heavy (non-hydrogen) atoms.